The van der Waals surface area contributed by atoms with E-state index in [1.165, 1.54) is 0 Å². The van der Waals surface area contributed by atoms with E-state index in [0.29, 0.717) is 25.7 Å². The fraction of sp³-hybridized carbons (Fsp3) is 0.632. The highest BCUT2D eigenvalue weighted by molar-refractivity contribution is 5.78. The van der Waals surface area contributed by atoms with Gasteiger partial charge in [0.05, 0.1) is 13.2 Å². The molecule has 0 aliphatic carbocycles. The Bertz CT molecular complexity index is 527. The van der Waals surface area contributed by atoms with E-state index < -0.39 is 0 Å². The largest absolute Gasteiger partial charge is 0.490 e. The predicted molar refractivity (Wildman–Crippen MR) is 91.8 cm³/mol. The second-order valence-electron chi connectivity index (χ2n) is 6.75. The number of ether oxygens (including phenoxy) is 2. The van der Waals surface area contributed by atoms with Crippen LogP contribution in [0.25, 0.3) is 0 Å². The summed E-state index contributed by atoms with van der Waals surface area (Å²) in [6.45, 7) is 11.1. The molecule has 1 amide bonds. The Hall–Kier alpha value is -1.71. The SMILES string of the molecule is CCC(C)C(=O)N(Cc1ccc2c(c1)OCCCO2)CC(C)C. The zero-order valence-corrected chi connectivity index (χ0v) is 14.8. The van der Waals surface area contributed by atoms with E-state index in [-0.39, 0.29) is 11.8 Å². The zero-order chi connectivity index (χ0) is 16.8. The molecule has 1 unspecified atom stereocenters. The molecule has 0 fully saturated rings. The van der Waals surface area contributed by atoms with Crippen LogP contribution in [0.4, 0.5) is 0 Å². The Morgan fingerprint density at radius 1 is 1.17 bits per heavy atom. The molecule has 0 saturated carbocycles. The van der Waals surface area contributed by atoms with Crippen LogP contribution in [0.3, 0.4) is 0 Å². The first kappa shape index (κ1) is 17.6. The Morgan fingerprint density at radius 2 is 1.87 bits per heavy atom. The van der Waals surface area contributed by atoms with Gasteiger partial charge in [0.25, 0.3) is 0 Å². The lowest BCUT2D eigenvalue weighted by Crippen LogP contribution is -2.37. The van der Waals surface area contributed by atoms with Gasteiger partial charge in [-0.1, -0.05) is 33.8 Å². The van der Waals surface area contributed by atoms with Crippen molar-refractivity contribution in [2.24, 2.45) is 11.8 Å². The molecule has 1 aromatic rings. The zero-order valence-electron chi connectivity index (χ0n) is 14.8. The highest BCUT2D eigenvalue weighted by Gasteiger charge is 2.21. The van der Waals surface area contributed by atoms with E-state index in [4.69, 9.17) is 9.47 Å². The third kappa shape index (κ3) is 4.88. The lowest BCUT2D eigenvalue weighted by atomic mass is 10.1. The highest BCUT2D eigenvalue weighted by Crippen LogP contribution is 2.31. The van der Waals surface area contributed by atoms with Crippen molar-refractivity contribution < 1.29 is 14.3 Å². The topological polar surface area (TPSA) is 38.8 Å². The van der Waals surface area contributed by atoms with Crippen LogP contribution < -0.4 is 9.47 Å². The molecule has 4 heteroatoms. The molecule has 1 aliphatic heterocycles. The number of benzene rings is 1. The lowest BCUT2D eigenvalue weighted by Gasteiger charge is -2.27. The van der Waals surface area contributed by atoms with E-state index in [1.807, 2.05) is 30.0 Å². The normalized spacial score (nSPS) is 15.2. The molecule has 1 atom stereocenters. The van der Waals surface area contributed by atoms with Crippen LogP contribution in [-0.2, 0) is 11.3 Å². The number of carbonyl (C=O) groups is 1. The minimum absolute atomic E-state index is 0.0640. The van der Waals surface area contributed by atoms with Crippen LogP contribution in [0.5, 0.6) is 11.5 Å². The van der Waals surface area contributed by atoms with Crippen LogP contribution in [0, 0.1) is 11.8 Å². The average Bonchev–Trinajstić information content (AvgIpc) is 2.77. The van der Waals surface area contributed by atoms with Crippen molar-refractivity contribution in [2.45, 2.75) is 47.1 Å². The van der Waals surface area contributed by atoms with Crippen LogP contribution in [0.2, 0.25) is 0 Å². The Morgan fingerprint density at radius 3 is 2.52 bits per heavy atom. The maximum absolute atomic E-state index is 12.6. The van der Waals surface area contributed by atoms with Crippen molar-refractivity contribution in [3.8, 4) is 11.5 Å². The number of carbonyl (C=O) groups excluding carboxylic acids is 1. The Labute approximate surface area is 139 Å². The lowest BCUT2D eigenvalue weighted by molar-refractivity contribution is -0.136. The van der Waals surface area contributed by atoms with Gasteiger partial charge in [-0.2, -0.15) is 0 Å². The molecule has 0 saturated heterocycles. The number of amides is 1. The molecule has 0 radical (unpaired) electrons. The van der Waals surface area contributed by atoms with Crippen molar-refractivity contribution >= 4 is 5.91 Å². The maximum atomic E-state index is 12.6. The van der Waals surface area contributed by atoms with Gasteiger partial charge >= 0.3 is 0 Å². The van der Waals surface area contributed by atoms with Gasteiger partial charge < -0.3 is 14.4 Å². The first-order valence-electron chi connectivity index (χ1n) is 8.68. The Kier molecular flexibility index (Phi) is 6.31. The van der Waals surface area contributed by atoms with Crippen molar-refractivity contribution in [1.29, 1.82) is 0 Å². The summed E-state index contributed by atoms with van der Waals surface area (Å²) in [6, 6.07) is 6.00. The standard InChI is InChI=1S/C19H29NO3/c1-5-15(4)19(21)20(12-14(2)3)13-16-7-8-17-18(11-16)23-10-6-9-22-17/h7-8,11,14-15H,5-6,9-10,12-13H2,1-4H3. The third-order valence-electron chi connectivity index (χ3n) is 4.12. The van der Waals surface area contributed by atoms with Gasteiger partial charge in [-0.05, 0) is 30.0 Å². The molecule has 0 N–H and O–H groups in total. The van der Waals surface area contributed by atoms with E-state index in [1.54, 1.807) is 0 Å². The molecule has 2 rings (SSSR count). The minimum Gasteiger partial charge on any atom is -0.490 e. The maximum Gasteiger partial charge on any atom is 0.225 e. The monoisotopic (exact) mass is 319 g/mol. The summed E-state index contributed by atoms with van der Waals surface area (Å²) in [7, 11) is 0. The smallest absolute Gasteiger partial charge is 0.225 e. The third-order valence-corrected chi connectivity index (χ3v) is 4.12. The molecular formula is C19H29NO3. The minimum atomic E-state index is 0.0640. The predicted octanol–water partition coefficient (Wildman–Crippen LogP) is 3.88. The molecule has 0 aromatic heterocycles. The van der Waals surface area contributed by atoms with Crippen molar-refractivity contribution in [3.05, 3.63) is 23.8 Å². The van der Waals surface area contributed by atoms with Gasteiger partial charge in [0.15, 0.2) is 11.5 Å². The van der Waals surface area contributed by atoms with Gasteiger partial charge in [-0.3, -0.25) is 4.79 Å². The van der Waals surface area contributed by atoms with Crippen molar-refractivity contribution in [3.63, 3.8) is 0 Å². The van der Waals surface area contributed by atoms with Gasteiger partial charge in [-0.25, -0.2) is 0 Å². The molecule has 1 aromatic carbocycles. The van der Waals surface area contributed by atoms with E-state index in [0.717, 1.165) is 36.4 Å². The fourth-order valence-corrected chi connectivity index (χ4v) is 2.69. The molecule has 128 valence electrons. The van der Waals surface area contributed by atoms with Crippen molar-refractivity contribution in [2.75, 3.05) is 19.8 Å². The van der Waals surface area contributed by atoms with Gasteiger partial charge in [-0.15, -0.1) is 0 Å². The number of fused-ring (bicyclic) bond motifs is 1. The van der Waals surface area contributed by atoms with Gasteiger partial charge in [0.2, 0.25) is 5.91 Å². The van der Waals surface area contributed by atoms with Crippen LogP contribution >= 0.6 is 0 Å². The number of rotatable bonds is 6. The molecule has 1 heterocycles. The fourth-order valence-electron chi connectivity index (χ4n) is 2.69. The van der Waals surface area contributed by atoms with Gasteiger partial charge in [0, 0.05) is 25.4 Å². The van der Waals surface area contributed by atoms with E-state index in [2.05, 4.69) is 20.8 Å². The molecule has 0 spiro atoms. The molecule has 23 heavy (non-hydrogen) atoms. The average molecular weight is 319 g/mol. The first-order chi connectivity index (χ1) is 11.0. The summed E-state index contributed by atoms with van der Waals surface area (Å²) in [4.78, 5) is 14.6. The molecule has 4 nitrogen and oxygen atoms in total. The summed E-state index contributed by atoms with van der Waals surface area (Å²) < 4.78 is 11.4. The summed E-state index contributed by atoms with van der Waals surface area (Å²) in [5.41, 5.74) is 1.09. The Balaban J connectivity index is 2.15. The van der Waals surface area contributed by atoms with Crippen LogP contribution in [0.1, 0.15) is 46.1 Å². The van der Waals surface area contributed by atoms with Gasteiger partial charge in [0.1, 0.15) is 0 Å². The number of hydrogen-bond donors (Lipinski definition) is 0. The quantitative estimate of drug-likeness (QED) is 0.799. The summed E-state index contributed by atoms with van der Waals surface area (Å²) >= 11 is 0. The van der Waals surface area contributed by atoms with E-state index >= 15 is 0 Å². The first-order valence-corrected chi connectivity index (χ1v) is 8.68. The summed E-state index contributed by atoms with van der Waals surface area (Å²) in [6.07, 6.45) is 1.77. The molecular weight excluding hydrogens is 290 g/mol. The molecule has 0 bridgehead atoms. The second-order valence-corrected chi connectivity index (χ2v) is 6.75. The number of nitrogens with zero attached hydrogens (tertiary/aromatic N) is 1. The van der Waals surface area contributed by atoms with Crippen LogP contribution in [0.15, 0.2) is 18.2 Å². The number of hydrogen-bond acceptors (Lipinski definition) is 3. The second kappa shape index (κ2) is 8.23. The molecule has 1 aliphatic rings. The van der Waals surface area contributed by atoms with Crippen molar-refractivity contribution in [1.82, 2.24) is 4.90 Å². The summed E-state index contributed by atoms with van der Waals surface area (Å²) in [5.74, 6) is 2.33. The van der Waals surface area contributed by atoms with Crippen LogP contribution in [-0.4, -0.2) is 30.6 Å². The van der Waals surface area contributed by atoms with E-state index in [9.17, 15) is 4.79 Å². The highest BCUT2D eigenvalue weighted by atomic mass is 16.5. The summed E-state index contributed by atoms with van der Waals surface area (Å²) in [5, 5.41) is 0.